The lowest BCUT2D eigenvalue weighted by Gasteiger charge is -2.14. The van der Waals surface area contributed by atoms with Crippen molar-refractivity contribution in [1.29, 1.82) is 0 Å². The van der Waals surface area contributed by atoms with Gasteiger partial charge in [-0.1, -0.05) is 23.2 Å². The molecule has 0 aliphatic rings. The predicted molar refractivity (Wildman–Crippen MR) is 64.5 cm³/mol. The second kappa shape index (κ2) is 6.18. The third-order valence-electron chi connectivity index (χ3n) is 2.06. The lowest BCUT2D eigenvalue weighted by molar-refractivity contribution is -0.137. The van der Waals surface area contributed by atoms with E-state index in [0.717, 1.165) is 0 Å². The Morgan fingerprint density at radius 1 is 1.05 bits per heavy atom. The lowest BCUT2D eigenvalue weighted by atomic mass is 10.2. The van der Waals surface area contributed by atoms with E-state index in [1.54, 1.807) is 0 Å². The zero-order valence-corrected chi connectivity index (χ0v) is 11.3. The summed E-state index contributed by atoms with van der Waals surface area (Å²) in [6, 6.07) is -0.324. The highest BCUT2D eigenvalue weighted by atomic mass is 35.5. The maximum absolute atomic E-state index is 12.5. The number of halogens is 8. The second-order valence-electron chi connectivity index (χ2n) is 3.74. The van der Waals surface area contributed by atoms with Crippen molar-refractivity contribution in [2.24, 2.45) is 0 Å². The molecule has 0 spiro atoms. The van der Waals surface area contributed by atoms with Gasteiger partial charge >= 0.3 is 18.4 Å². The van der Waals surface area contributed by atoms with Crippen LogP contribution in [0.1, 0.15) is 5.56 Å². The van der Waals surface area contributed by atoms with E-state index in [-0.39, 0.29) is 0 Å². The number of urea groups is 1. The van der Waals surface area contributed by atoms with Crippen molar-refractivity contribution in [3.63, 3.8) is 0 Å². The number of carbonyl (C=O) groups is 1. The number of alkyl halides is 6. The molecular formula is C10H6Cl2F6N2O. The Morgan fingerprint density at radius 3 is 1.90 bits per heavy atom. The summed E-state index contributed by atoms with van der Waals surface area (Å²) >= 11 is 11.1. The summed E-state index contributed by atoms with van der Waals surface area (Å²) in [5, 5.41) is 2.19. The number of anilines is 1. The number of amides is 2. The molecule has 0 unspecified atom stereocenters. The first-order valence-electron chi connectivity index (χ1n) is 5.08. The van der Waals surface area contributed by atoms with Gasteiger partial charge in [0.05, 0.1) is 21.3 Å². The van der Waals surface area contributed by atoms with Crippen molar-refractivity contribution in [3.05, 3.63) is 27.7 Å². The van der Waals surface area contributed by atoms with Crippen molar-refractivity contribution in [3.8, 4) is 0 Å². The SMILES string of the molecule is O=C(NCC(F)(F)F)Nc1c(Cl)cc(C(F)(F)F)cc1Cl. The standard InChI is InChI=1S/C10H6Cl2F6N2O/c11-5-1-4(10(16,17)18)2-6(12)7(5)20-8(21)19-3-9(13,14)15/h1-2H,3H2,(H2,19,20,21). The summed E-state index contributed by atoms with van der Waals surface area (Å²) in [5.41, 5.74) is -1.58. The number of hydrogen-bond donors (Lipinski definition) is 2. The Bertz CT molecular complexity index is 520. The molecule has 1 rings (SSSR count). The Balaban J connectivity index is 2.88. The monoisotopic (exact) mass is 354 g/mol. The van der Waals surface area contributed by atoms with Gasteiger partial charge in [0.2, 0.25) is 0 Å². The molecular weight excluding hydrogens is 349 g/mol. The number of nitrogens with one attached hydrogen (secondary N) is 2. The van der Waals surface area contributed by atoms with E-state index < -0.39 is 46.2 Å². The molecule has 0 aliphatic carbocycles. The van der Waals surface area contributed by atoms with Crippen LogP contribution in [0.5, 0.6) is 0 Å². The van der Waals surface area contributed by atoms with Gasteiger partial charge in [-0.3, -0.25) is 0 Å². The van der Waals surface area contributed by atoms with Crippen molar-refractivity contribution in [2.45, 2.75) is 12.4 Å². The fraction of sp³-hybridized carbons (Fsp3) is 0.300. The van der Waals surface area contributed by atoms with Gasteiger partial charge in [0.25, 0.3) is 0 Å². The smallest absolute Gasteiger partial charge is 0.329 e. The number of carbonyl (C=O) groups excluding carboxylic acids is 1. The van der Waals surface area contributed by atoms with Gasteiger partial charge in [-0.15, -0.1) is 0 Å². The molecule has 0 bridgehead atoms. The molecule has 0 heterocycles. The minimum absolute atomic E-state index is 0.425. The van der Waals surface area contributed by atoms with Crippen LogP contribution >= 0.6 is 23.2 Å². The van der Waals surface area contributed by atoms with Crippen LogP contribution in [0.2, 0.25) is 10.0 Å². The number of rotatable bonds is 2. The summed E-state index contributed by atoms with van der Waals surface area (Å²) in [6.07, 6.45) is -9.34. The van der Waals surface area contributed by atoms with Crippen LogP contribution in [-0.2, 0) is 6.18 Å². The Hall–Kier alpha value is -1.35. The summed E-state index contributed by atoms with van der Waals surface area (Å²) in [5.74, 6) is 0. The van der Waals surface area contributed by atoms with E-state index in [0.29, 0.717) is 12.1 Å². The molecule has 0 saturated heterocycles. The zero-order chi connectivity index (χ0) is 16.4. The summed E-state index contributed by atoms with van der Waals surface area (Å²) < 4.78 is 73.0. The predicted octanol–water partition coefficient (Wildman–Crippen LogP) is 4.70. The molecule has 1 aromatic carbocycles. The van der Waals surface area contributed by atoms with Gasteiger partial charge in [0.15, 0.2) is 0 Å². The van der Waals surface area contributed by atoms with Gasteiger partial charge in [-0.25, -0.2) is 4.79 Å². The van der Waals surface area contributed by atoms with Crippen LogP contribution < -0.4 is 10.6 Å². The summed E-state index contributed by atoms with van der Waals surface area (Å²) in [7, 11) is 0. The van der Waals surface area contributed by atoms with Crippen LogP contribution in [0, 0.1) is 0 Å². The van der Waals surface area contributed by atoms with Crippen LogP contribution in [0.25, 0.3) is 0 Å². The van der Waals surface area contributed by atoms with E-state index in [4.69, 9.17) is 23.2 Å². The van der Waals surface area contributed by atoms with Crippen LogP contribution in [-0.4, -0.2) is 18.8 Å². The fourth-order valence-corrected chi connectivity index (χ4v) is 1.78. The molecule has 21 heavy (non-hydrogen) atoms. The third kappa shape index (κ3) is 5.50. The average molecular weight is 355 g/mol. The molecule has 3 nitrogen and oxygen atoms in total. The highest BCUT2D eigenvalue weighted by Gasteiger charge is 2.32. The average Bonchev–Trinajstić information content (AvgIpc) is 2.29. The van der Waals surface area contributed by atoms with Gasteiger partial charge in [-0.05, 0) is 12.1 Å². The van der Waals surface area contributed by atoms with Crippen LogP contribution in [0.3, 0.4) is 0 Å². The first-order chi connectivity index (χ1) is 9.40. The van der Waals surface area contributed by atoms with E-state index >= 15 is 0 Å². The second-order valence-corrected chi connectivity index (χ2v) is 4.55. The number of benzene rings is 1. The van der Waals surface area contributed by atoms with E-state index in [1.807, 2.05) is 5.32 Å². The number of hydrogen-bond acceptors (Lipinski definition) is 1. The van der Waals surface area contributed by atoms with Gasteiger partial charge in [0.1, 0.15) is 6.54 Å². The molecule has 0 saturated carbocycles. The zero-order valence-electron chi connectivity index (χ0n) is 9.79. The molecule has 1 aromatic rings. The van der Waals surface area contributed by atoms with Crippen molar-refractivity contribution < 1.29 is 31.1 Å². The highest BCUT2D eigenvalue weighted by Crippen LogP contribution is 2.38. The van der Waals surface area contributed by atoms with Crippen molar-refractivity contribution in [2.75, 3.05) is 11.9 Å². The fourth-order valence-electron chi connectivity index (χ4n) is 1.19. The van der Waals surface area contributed by atoms with E-state index in [9.17, 15) is 31.1 Å². The molecule has 0 fully saturated rings. The normalized spacial score (nSPS) is 12.2. The molecule has 2 N–H and O–H groups in total. The minimum Gasteiger partial charge on any atom is -0.329 e. The van der Waals surface area contributed by atoms with Gasteiger partial charge < -0.3 is 10.6 Å². The highest BCUT2D eigenvalue weighted by molar-refractivity contribution is 6.39. The Morgan fingerprint density at radius 2 is 1.52 bits per heavy atom. The molecule has 11 heteroatoms. The van der Waals surface area contributed by atoms with Gasteiger partial charge in [0, 0.05) is 0 Å². The van der Waals surface area contributed by atoms with E-state index in [2.05, 4.69) is 0 Å². The van der Waals surface area contributed by atoms with Gasteiger partial charge in [-0.2, -0.15) is 26.3 Å². The minimum atomic E-state index is -4.70. The summed E-state index contributed by atoms with van der Waals surface area (Å²) in [6.45, 7) is -1.62. The first kappa shape index (κ1) is 17.7. The quantitative estimate of drug-likeness (QED) is 0.743. The van der Waals surface area contributed by atoms with Crippen LogP contribution in [0.4, 0.5) is 36.8 Å². The lowest BCUT2D eigenvalue weighted by Crippen LogP contribution is -2.36. The Kier molecular flexibility index (Phi) is 5.21. The van der Waals surface area contributed by atoms with Crippen molar-refractivity contribution >= 4 is 34.9 Å². The molecule has 0 radical (unpaired) electrons. The molecule has 0 aromatic heterocycles. The molecule has 2 amide bonds. The maximum atomic E-state index is 12.5. The third-order valence-corrected chi connectivity index (χ3v) is 2.65. The molecule has 0 aliphatic heterocycles. The Labute approximate surface area is 124 Å². The largest absolute Gasteiger partial charge is 0.416 e. The van der Waals surface area contributed by atoms with Crippen LogP contribution in [0.15, 0.2) is 12.1 Å². The summed E-state index contributed by atoms with van der Waals surface area (Å²) in [4.78, 5) is 11.2. The topological polar surface area (TPSA) is 41.1 Å². The molecule has 0 atom stereocenters. The molecule has 118 valence electrons. The maximum Gasteiger partial charge on any atom is 0.416 e. The first-order valence-corrected chi connectivity index (χ1v) is 5.83. The van der Waals surface area contributed by atoms with Crippen molar-refractivity contribution in [1.82, 2.24) is 5.32 Å². The van der Waals surface area contributed by atoms with E-state index in [1.165, 1.54) is 5.32 Å².